The van der Waals surface area contributed by atoms with Crippen LogP contribution in [-0.2, 0) is 11.9 Å². The maximum atomic E-state index is 5.85. The lowest BCUT2D eigenvalue weighted by Crippen LogP contribution is -1.97. The van der Waals surface area contributed by atoms with Crippen LogP contribution in [0, 0.1) is 0 Å². The van der Waals surface area contributed by atoms with Crippen LogP contribution in [0.1, 0.15) is 10.4 Å². The molecule has 0 fully saturated rings. The third-order valence-corrected chi connectivity index (χ3v) is 4.97. The number of benzene rings is 1. The summed E-state index contributed by atoms with van der Waals surface area (Å²) in [4.78, 5) is 1.19. The quantitative estimate of drug-likeness (QED) is 0.668. The molecule has 0 bridgehead atoms. The highest BCUT2D eigenvalue weighted by Crippen LogP contribution is 2.29. The SMILES string of the molecule is COc1ccc(OCc2sccc2Br)c(CBr)c1. The van der Waals surface area contributed by atoms with Crippen molar-refractivity contribution < 1.29 is 9.47 Å². The number of methoxy groups -OCH3 is 1. The first kappa shape index (κ1) is 13.9. The summed E-state index contributed by atoms with van der Waals surface area (Å²) in [6.45, 7) is 0.574. The van der Waals surface area contributed by atoms with Crippen molar-refractivity contribution in [1.82, 2.24) is 0 Å². The van der Waals surface area contributed by atoms with Gasteiger partial charge in [-0.3, -0.25) is 0 Å². The fourth-order valence-corrected chi connectivity index (χ4v) is 3.32. The van der Waals surface area contributed by atoms with Gasteiger partial charge in [-0.1, -0.05) is 15.9 Å². The molecule has 2 nitrogen and oxygen atoms in total. The second-order valence-electron chi connectivity index (χ2n) is 3.59. The number of ether oxygens (including phenoxy) is 2. The molecule has 1 aromatic heterocycles. The molecule has 18 heavy (non-hydrogen) atoms. The Balaban J connectivity index is 2.11. The van der Waals surface area contributed by atoms with Gasteiger partial charge in [-0.15, -0.1) is 11.3 Å². The smallest absolute Gasteiger partial charge is 0.124 e. The van der Waals surface area contributed by atoms with Gasteiger partial charge in [-0.05, 0) is 45.6 Å². The molecule has 0 amide bonds. The second kappa shape index (κ2) is 6.59. The molecule has 0 atom stereocenters. The molecular formula is C13H12Br2O2S. The van der Waals surface area contributed by atoms with Crippen LogP contribution < -0.4 is 9.47 Å². The van der Waals surface area contributed by atoms with E-state index in [2.05, 4.69) is 31.9 Å². The summed E-state index contributed by atoms with van der Waals surface area (Å²) < 4.78 is 12.1. The van der Waals surface area contributed by atoms with E-state index < -0.39 is 0 Å². The molecule has 2 aromatic rings. The largest absolute Gasteiger partial charge is 0.497 e. The van der Waals surface area contributed by atoms with E-state index in [1.807, 2.05) is 29.6 Å². The molecule has 0 saturated heterocycles. The van der Waals surface area contributed by atoms with Gasteiger partial charge in [0.15, 0.2) is 0 Å². The Bertz CT molecular complexity index is 525. The highest BCUT2D eigenvalue weighted by Gasteiger charge is 2.07. The predicted octanol–water partition coefficient (Wildman–Crippen LogP) is 4.99. The highest BCUT2D eigenvalue weighted by atomic mass is 79.9. The van der Waals surface area contributed by atoms with E-state index in [1.54, 1.807) is 18.4 Å². The van der Waals surface area contributed by atoms with Crippen LogP contribution in [0.3, 0.4) is 0 Å². The molecule has 0 N–H and O–H groups in total. The van der Waals surface area contributed by atoms with Crippen LogP contribution in [0.15, 0.2) is 34.1 Å². The number of thiophene rings is 1. The molecule has 0 aliphatic heterocycles. The minimum atomic E-state index is 0.574. The predicted molar refractivity (Wildman–Crippen MR) is 82.0 cm³/mol. The zero-order valence-corrected chi connectivity index (χ0v) is 13.8. The maximum absolute atomic E-state index is 5.85. The van der Waals surface area contributed by atoms with E-state index in [0.717, 1.165) is 26.9 Å². The Kier molecular flexibility index (Phi) is 5.09. The zero-order valence-electron chi connectivity index (χ0n) is 9.78. The van der Waals surface area contributed by atoms with Crippen LogP contribution in [0.4, 0.5) is 0 Å². The van der Waals surface area contributed by atoms with Gasteiger partial charge in [0.05, 0.1) is 12.0 Å². The second-order valence-corrected chi connectivity index (χ2v) is 6.00. The van der Waals surface area contributed by atoms with Crippen molar-refractivity contribution in [3.8, 4) is 11.5 Å². The molecule has 1 aromatic carbocycles. The van der Waals surface area contributed by atoms with Gasteiger partial charge in [0.2, 0.25) is 0 Å². The first-order valence-electron chi connectivity index (χ1n) is 5.32. The van der Waals surface area contributed by atoms with E-state index in [9.17, 15) is 0 Å². The molecule has 0 unspecified atom stereocenters. The zero-order chi connectivity index (χ0) is 13.0. The summed E-state index contributed by atoms with van der Waals surface area (Å²) in [5, 5.41) is 2.79. The maximum Gasteiger partial charge on any atom is 0.124 e. The van der Waals surface area contributed by atoms with Crippen LogP contribution in [0.5, 0.6) is 11.5 Å². The third kappa shape index (κ3) is 3.28. The first-order chi connectivity index (χ1) is 8.74. The summed E-state index contributed by atoms with van der Waals surface area (Å²) in [5.74, 6) is 1.72. The van der Waals surface area contributed by atoms with Crippen molar-refractivity contribution in [3.63, 3.8) is 0 Å². The molecule has 0 aliphatic rings. The fourth-order valence-electron chi connectivity index (χ4n) is 1.50. The van der Waals surface area contributed by atoms with Gasteiger partial charge >= 0.3 is 0 Å². The molecule has 0 radical (unpaired) electrons. The standard InChI is InChI=1S/C13H12Br2O2S/c1-16-10-2-3-12(9(6-10)7-14)17-8-13-11(15)4-5-18-13/h2-6H,7-8H2,1H3. The summed E-state index contributed by atoms with van der Waals surface area (Å²) in [6, 6.07) is 7.86. The molecule has 0 saturated carbocycles. The molecule has 0 aliphatic carbocycles. The van der Waals surface area contributed by atoms with Crippen LogP contribution in [-0.4, -0.2) is 7.11 Å². The Morgan fingerprint density at radius 3 is 2.72 bits per heavy atom. The van der Waals surface area contributed by atoms with Gasteiger partial charge in [0.25, 0.3) is 0 Å². The molecule has 2 rings (SSSR count). The number of hydrogen-bond acceptors (Lipinski definition) is 3. The minimum Gasteiger partial charge on any atom is -0.497 e. The molecule has 96 valence electrons. The fraction of sp³-hybridized carbons (Fsp3) is 0.231. The average Bonchev–Trinajstić information content (AvgIpc) is 2.81. The summed E-state index contributed by atoms with van der Waals surface area (Å²) in [7, 11) is 1.66. The normalized spacial score (nSPS) is 10.4. The number of alkyl halides is 1. The molecule has 5 heteroatoms. The van der Waals surface area contributed by atoms with E-state index in [4.69, 9.17) is 9.47 Å². The van der Waals surface area contributed by atoms with E-state index in [1.165, 1.54) is 4.88 Å². The minimum absolute atomic E-state index is 0.574. The van der Waals surface area contributed by atoms with Gasteiger partial charge in [-0.25, -0.2) is 0 Å². The monoisotopic (exact) mass is 390 g/mol. The topological polar surface area (TPSA) is 18.5 Å². The lowest BCUT2D eigenvalue weighted by Gasteiger charge is -2.11. The number of halogens is 2. The van der Waals surface area contributed by atoms with Gasteiger partial charge in [0.1, 0.15) is 18.1 Å². The average molecular weight is 392 g/mol. The summed E-state index contributed by atoms with van der Waals surface area (Å²) in [6.07, 6.45) is 0. The van der Waals surface area contributed by atoms with Crippen LogP contribution in [0.2, 0.25) is 0 Å². The van der Waals surface area contributed by atoms with E-state index in [0.29, 0.717) is 6.61 Å². The molecular weight excluding hydrogens is 380 g/mol. The highest BCUT2D eigenvalue weighted by molar-refractivity contribution is 9.10. The summed E-state index contributed by atoms with van der Waals surface area (Å²) >= 11 is 8.64. The Morgan fingerprint density at radius 2 is 2.11 bits per heavy atom. The Labute approximate surface area is 127 Å². The van der Waals surface area contributed by atoms with Crippen LogP contribution in [0.25, 0.3) is 0 Å². The number of rotatable bonds is 5. The molecule has 0 spiro atoms. The van der Waals surface area contributed by atoms with Crippen molar-refractivity contribution >= 4 is 43.2 Å². The van der Waals surface area contributed by atoms with Crippen molar-refractivity contribution in [2.24, 2.45) is 0 Å². The lowest BCUT2D eigenvalue weighted by molar-refractivity contribution is 0.306. The first-order valence-corrected chi connectivity index (χ1v) is 8.11. The van der Waals surface area contributed by atoms with Crippen molar-refractivity contribution in [2.75, 3.05) is 7.11 Å². The summed E-state index contributed by atoms with van der Waals surface area (Å²) in [5.41, 5.74) is 1.09. The Morgan fingerprint density at radius 1 is 1.28 bits per heavy atom. The van der Waals surface area contributed by atoms with Gasteiger partial charge in [-0.2, -0.15) is 0 Å². The van der Waals surface area contributed by atoms with E-state index in [-0.39, 0.29) is 0 Å². The van der Waals surface area contributed by atoms with Crippen molar-refractivity contribution in [3.05, 3.63) is 44.6 Å². The molecule has 1 heterocycles. The van der Waals surface area contributed by atoms with Gasteiger partial charge < -0.3 is 9.47 Å². The lowest BCUT2D eigenvalue weighted by atomic mass is 10.2. The van der Waals surface area contributed by atoms with Crippen molar-refractivity contribution in [1.29, 1.82) is 0 Å². The van der Waals surface area contributed by atoms with Gasteiger partial charge in [0, 0.05) is 15.4 Å². The third-order valence-electron chi connectivity index (χ3n) is 2.46. The van der Waals surface area contributed by atoms with E-state index >= 15 is 0 Å². The number of hydrogen-bond donors (Lipinski definition) is 0. The van der Waals surface area contributed by atoms with Crippen LogP contribution >= 0.6 is 43.2 Å². The van der Waals surface area contributed by atoms with Crippen molar-refractivity contribution in [2.45, 2.75) is 11.9 Å². The Hall–Kier alpha value is -0.520.